The van der Waals surface area contributed by atoms with Crippen molar-refractivity contribution in [3.63, 3.8) is 0 Å². The number of carboxylic acids is 1. The molecule has 1 aromatic heterocycles. The van der Waals surface area contributed by atoms with E-state index in [-0.39, 0.29) is 23.8 Å². The van der Waals surface area contributed by atoms with Gasteiger partial charge in [0.15, 0.2) is 0 Å². The Morgan fingerprint density at radius 3 is 2.41 bits per heavy atom. The maximum atomic E-state index is 12.6. The SMILES string of the molecule is O=C(O)[C@H]1CC[C@H](NC(=O)[C@H]2CC[C@H](c3nc4c(s3)CNCC4)CC2)CC1. The van der Waals surface area contributed by atoms with Gasteiger partial charge in [-0.05, 0) is 51.4 Å². The number of hydrogen-bond donors (Lipinski definition) is 3. The average molecular weight is 392 g/mol. The van der Waals surface area contributed by atoms with E-state index in [2.05, 4.69) is 10.6 Å². The molecule has 4 rings (SSSR count). The highest BCUT2D eigenvalue weighted by Crippen LogP contribution is 2.39. The van der Waals surface area contributed by atoms with Crippen LogP contribution in [0.5, 0.6) is 0 Å². The zero-order valence-electron chi connectivity index (χ0n) is 15.7. The number of hydrogen-bond acceptors (Lipinski definition) is 5. The van der Waals surface area contributed by atoms with Crippen molar-refractivity contribution < 1.29 is 14.7 Å². The fourth-order valence-corrected chi connectivity index (χ4v) is 5.98. The van der Waals surface area contributed by atoms with Crippen LogP contribution in [-0.2, 0) is 22.6 Å². The summed E-state index contributed by atoms with van der Waals surface area (Å²) in [5.74, 6) is -0.133. The van der Waals surface area contributed by atoms with E-state index in [1.54, 1.807) is 0 Å². The van der Waals surface area contributed by atoms with Crippen molar-refractivity contribution in [3.05, 3.63) is 15.6 Å². The fourth-order valence-electron chi connectivity index (χ4n) is 4.73. The van der Waals surface area contributed by atoms with Gasteiger partial charge in [-0.1, -0.05) is 0 Å². The Kier molecular flexibility index (Phi) is 5.78. The summed E-state index contributed by atoms with van der Waals surface area (Å²) in [5, 5.41) is 17.0. The van der Waals surface area contributed by atoms with Crippen molar-refractivity contribution in [1.29, 1.82) is 0 Å². The van der Waals surface area contributed by atoms with Gasteiger partial charge in [-0.15, -0.1) is 11.3 Å². The first-order chi connectivity index (χ1) is 13.1. The van der Waals surface area contributed by atoms with Crippen LogP contribution in [0.25, 0.3) is 0 Å². The van der Waals surface area contributed by atoms with Crippen LogP contribution in [0.4, 0.5) is 0 Å². The molecule has 0 saturated heterocycles. The highest BCUT2D eigenvalue weighted by atomic mass is 32.1. The van der Waals surface area contributed by atoms with Gasteiger partial charge in [-0.2, -0.15) is 0 Å². The zero-order chi connectivity index (χ0) is 18.8. The van der Waals surface area contributed by atoms with Gasteiger partial charge in [0.25, 0.3) is 0 Å². The lowest BCUT2D eigenvalue weighted by Gasteiger charge is -2.31. The molecule has 148 valence electrons. The molecule has 0 bridgehead atoms. The molecule has 1 aromatic rings. The van der Waals surface area contributed by atoms with Gasteiger partial charge in [0.05, 0.1) is 16.6 Å². The van der Waals surface area contributed by atoms with Gasteiger partial charge in [-0.25, -0.2) is 4.98 Å². The molecule has 3 aliphatic rings. The second kappa shape index (κ2) is 8.27. The third-order valence-corrected chi connectivity index (χ3v) is 7.75. The van der Waals surface area contributed by atoms with Gasteiger partial charge < -0.3 is 15.7 Å². The predicted octanol–water partition coefficient (Wildman–Crippen LogP) is 2.82. The highest BCUT2D eigenvalue weighted by Gasteiger charge is 2.32. The van der Waals surface area contributed by atoms with Crippen molar-refractivity contribution in [1.82, 2.24) is 15.6 Å². The van der Waals surface area contributed by atoms with E-state index in [1.807, 2.05) is 11.3 Å². The number of carboxylic acid groups (broad SMARTS) is 1. The first-order valence-corrected chi connectivity index (χ1v) is 11.1. The van der Waals surface area contributed by atoms with E-state index in [1.165, 1.54) is 15.6 Å². The summed E-state index contributed by atoms with van der Waals surface area (Å²) in [6.07, 6.45) is 7.93. The molecule has 1 aliphatic heterocycles. The number of carbonyl (C=O) groups excluding carboxylic acids is 1. The minimum absolute atomic E-state index is 0.106. The Labute approximate surface area is 164 Å². The Hall–Kier alpha value is -1.47. The monoisotopic (exact) mass is 391 g/mol. The summed E-state index contributed by atoms with van der Waals surface area (Å²) in [4.78, 5) is 30.0. The smallest absolute Gasteiger partial charge is 0.306 e. The normalized spacial score (nSPS) is 31.1. The van der Waals surface area contributed by atoms with E-state index in [0.29, 0.717) is 18.8 Å². The second-order valence-electron chi connectivity index (χ2n) is 8.29. The van der Waals surface area contributed by atoms with Crippen molar-refractivity contribution in [3.8, 4) is 0 Å². The molecular weight excluding hydrogens is 362 g/mol. The fraction of sp³-hybridized carbons (Fsp3) is 0.750. The zero-order valence-corrected chi connectivity index (χ0v) is 16.5. The van der Waals surface area contributed by atoms with Gasteiger partial charge in [0, 0.05) is 42.3 Å². The molecule has 0 aromatic carbocycles. The van der Waals surface area contributed by atoms with Crippen LogP contribution in [0.1, 0.15) is 72.9 Å². The third kappa shape index (κ3) is 4.35. The maximum Gasteiger partial charge on any atom is 0.306 e. The van der Waals surface area contributed by atoms with Crippen LogP contribution in [0, 0.1) is 11.8 Å². The maximum absolute atomic E-state index is 12.6. The molecule has 6 nitrogen and oxygen atoms in total. The molecule has 27 heavy (non-hydrogen) atoms. The Balaban J connectivity index is 1.25. The summed E-state index contributed by atoms with van der Waals surface area (Å²) in [6.45, 7) is 1.98. The van der Waals surface area contributed by atoms with Crippen LogP contribution in [-0.4, -0.2) is 34.6 Å². The van der Waals surface area contributed by atoms with E-state index in [9.17, 15) is 9.59 Å². The van der Waals surface area contributed by atoms with Crippen molar-refractivity contribution in [2.75, 3.05) is 6.54 Å². The lowest BCUT2D eigenvalue weighted by molar-refractivity contribution is -0.142. The third-order valence-electron chi connectivity index (χ3n) is 6.49. The Morgan fingerprint density at radius 1 is 1.04 bits per heavy atom. The standard InChI is InChI=1S/C20H29N3O3S/c24-18(22-15-7-5-14(6-8-15)20(25)26)12-1-3-13(4-2-12)19-23-16-9-10-21-11-17(16)27-19/h12-15,21H,1-11H2,(H,22,24)(H,25,26)/t12-,13-,14-,15-. The molecule has 0 radical (unpaired) electrons. The van der Waals surface area contributed by atoms with Crippen LogP contribution >= 0.6 is 11.3 Å². The predicted molar refractivity (Wildman–Crippen MR) is 104 cm³/mol. The minimum Gasteiger partial charge on any atom is -0.481 e. The molecule has 3 N–H and O–H groups in total. The van der Waals surface area contributed by atoms with Gasteiger partial charge in [0.2, 0.25) is 5.91 Å². The summed E-state index contributed by atoms with van der Waals surface area (Å²) >= 11 is 1.86. The number of carbonyl (C=O) groups is 2. The first kappa shape index (κ1) is 18.9. The average Bonchev–Trinajstić information content (AvgIpc) is 3.13. The van der Waals surface area contributed by atoms with Gasteiger partial charge in [-0.3, -0.25) is 9.59 Å². The summed E-state index contributed by atoms with van der Waals surface area (Å²) in [5.41, 5.74) is 1.28. The largest absolute Gasteiger partial charge is 0.481 e. The highest BCUT2D eigenvalue weighted by molar-refractivity contribution is 7.11. The van der Waals surface area contributed by atoms with Crippen LogP contribution in [0.15, 0.2) is 0 Å². The van der Waals surface area contributed by atoms with Crippen molar-refractivity contribution in [2.24, 2.45) is 11.8 Å². The molecule has 2 fully saturated rings. The molecule has 2 heterocycles. The number of thiazole rings is 1. The van der Waals surface area contributed by atoms with Gasteiger partial charge >= 0.3 is 5.97 Å². The van der Waals surface area contributed by atoms with Crippen LogP contribution < -0.4 is 10.6 Å². The molecule has 7 heteroatoms. The van der Waals surface area contributed by atoms with Crippen molar-refractivity contribution in [2.45, 2.75) is 76.3 Å². The number of amides is 1. The molecule has 0 unspecified atom stereocenters. The van der Waals surface area contributed by atoms with E-state index in [0.717, 1.165) is 58.0 Å². The number of rotatable bonds is 4. The quantitative estimate of drug-likeness (QED) is 0.734. The number of nitrogens with zero attached hydrogens (tertiary/aromatic N) is 1. The van der Waals surface area contributed by atoms with E-state index in [4.69, 9.17) is 10.1 Å². The number of aromatic nitrogens is 1. The van der Waals surface area contributed by atoms with E-state index < -0.39 is 5.97 Å². The molecule has 2 aliphatic carbocycles. The lowest BCUT2D eigenvalue weighted by Crippen LogP contribution is -2.42. The van der Waals surface area contributed by atoms with E-state index >= 15 is 0 Å². The minimum atomic E-state index is -0.697. The Morgan fingerprint density at radius 2 is 1.74 bits per heavy atom. The van der Waals surface area contributed by atoms with Crippen molar-refractivity contribution >= 4 is 23.2 Å². The van der Waals surface area contributed by atoms with Crippen LogP contribution in [0.2, 0.25) is 0 Å². The summed E-state index contributed by atoms with van der Waals surface area (Å²) in [7, 11) is 0. The number of aliphatic carboxylic acids is 1. The summed E-state index contributed by atoms with van der Waals surface area (Å²) < 4.78 is 0. The second-order valence-corrected chi connectivity index (χ2v) is 9.41. The summed E-state index contributed by atoms with van der Waals surface area (Å²) in [6, 6.07) is 0.156. The first-order valence-electron chi connectivity index (χ1n) is 10.3. The number of nitrogens with one attached hydrogen (secondary N) is 2. The topological polar surface area (TPSA) is 91.3 Å². The molecule has 2 saturated carbocycles. The van der Waals surface area contributed by atoms with Gasteiger partial charge in [0.1, 0.15) is 0 Å². The number of fused-ring (bicyclic) bond motifs is 1. The van der Waals surface area contributed by atoms with Crippen LogP contribution in [0.3, 0.4) is 0 Å². The molecule has 0 spiro atoms. The molecular formula is C20H29N3O3S. The lowest BCUT2D eigenvalue weighted by atomic mass is 9.81. The molecule has 0 atom stereocenters. The molecule has 1 amide bonds. The Bertz CT molecular complexity index is 665.